The van der Waals surface area contributed by atoms with Crippen molar-refractivity contribution in [1.82, 2.24) is 24.8 Å². The molecule has 6 nitrogen and oxygen atoms in total. The molecule has 4 rings (SSSR count). The highest BCUT2D eigenvalue weighted by Gasteiger charge is 2.30. The van der Waals surface area contributed by atoms with Crippen molar-refractivity contribution in [2.75, 3.05) is 0 Å². The number of aromatic nitrogens is 4. The number of imidazole rings is 1. The Labute approximate surface area is 165 Å². The van der Waals surface area contributed by atoms with Gasteiger partial charge in [0.1, 0.15) is 17.2 Å². The third-order valence-electron chi connectivity index (χ3n) is 4.89. The maximum atomic E-state index is 12.6. The van der Waals surface area contributed by atoms with Gasteiger partial charge in [0.05, 0.1) is 29.5 Å². The van der Waals surface area contributed by atoms with Crippen LogP contribution in [0.25, 0.3) is 11.0 Å². The first-order valence-electron chi connectivity index (χ1n) is 8.95. The van der Waals surface area contributed by atoms with E-state index in [4.69, 9.17) is 11.6 Å². The molecule has 1 fully saturated rings. The summed E-state index contributed by atoms with van der Waals surface area (Å²) in [5.74, 6) is 0.778. The first-order valence-corrected chi connectivity index (χ1v) is 9.33. The maximum absolute atomic E-state index is 12.6. The first kappa shape index (κ1) is 18.7. The zero-order valence-electron chi connectivity index (χ0n) is 15.1. The minimum absolute atomic E-state index is 0.00740. The standard InChI is InChI=1S/C19H18ClF2N5O/c1-27-16-5-4-11(20)7-12(16)25-18(27)13(6-10-2-3-10)26-19(28)15-9-23-14(8-24-15)17(21)22/h4-5,7-10,13,17H,2-3,6H2,1H3,(H,26,28)/t13-/m0/s1. The van der Waals surface area contributed by atoms with Crippen molar-refractivity contribution in [3.8, 4) is 0 Å². The molecule has 2 aromatic heterocycles. The number of carbonyl (C=O) groups excluding carboxylic acids is 1. The molecule has 1 aliphatic rings. The van der Waals surface area contributed by atoms with Gasteiger partial charge >= 0.3 is 0 Å². The predicted octanol–water partition coefficient (Wildman–Crippen LogP) is 4.23. The van der Waals surface area contributed by atoms with Gasteiger partial charge in [-0.2, -0.15) is 0 Å². The van der Waals surface area contributed by atoms with E-state index >= 15 is 0 Å². The Morgan fingerprint density at radius 3 is 2.75 bits per heavy atom. The summed E-state index contributed by atoms with van der Waals surface area (Å²) in [5.41, 5.74) is 1.20. The summed E-state index contributed by atoms with van der Waals surface area (Å²) < 4.78 is 27.2. The Hall–Kier alpha value is -2.61. The molecule has 1 aromatic carbocycles. The zero-order valence-corrected chi connectivity index (χ0v) is 15.8. The normalized spacial score (nSPS) is 15.2. The van der Waals surface area contributed by atoms with Crippen molar-refractivity contribution < 1.29 is 13.6 Å². The van der Waals surface area contributed by atoms with E-state index in [2.05, 4.69) is 20.3 Å². The van der Waals surface area contributed by atoms with Crippen molar-refractivity contribution in [1.29, 1.82) is 0 Å². The fourth-order valence-electron chi connectivity index (χ4n) is 3.22. The lowest BCUT2D eigenvalue weighted by atomic mass is 10.1. The molecule has 1 atom stereocenters. The lowest BCUT2D eigenvalue weighted by Crippen LogP contribution is -2.31. The van der Waals surface area contributed by atoms with Gasteiger partial charge in [-0.1, -0.05) is 24.4 Å². The monoisotopic (exact) mass is 405 g/mol. The van der Waals surface area contributed by atoms with Gasteiger partial charge in [0.25, 0.3) is 12.3 Å². The number of fused-ring (bicyclic) bond motifs is 1. The highest BCUT2D eigenvalue weighted by Crippen LogP contribution is 2.38. The van der Waals surface area contributed by atoms with Crippen LogP contribution < -0.4 is 5.32 Å². The van der Waals surface area contributed by atoms with E-state index in [0.717, 1.165) is 48.5 Å². The van der Waals surface area contributed by atoms with Crippen LogP contribution in [0.2, 0.25) is 5.02 Å². The second-order valence-electron chi connectivity index (χ2n) is 6.99. The highest BCUT2D eigenvalue weighted by atomic mass is 35.5. The van der Waals surface area contributed by atoms with Gasteiger partial charge in [-0.25, -0.2) is 18.7 Å². The van der Waals surface area contributed by atoms with E-state index in [0.29, 0.717) is 10.9 Å². The summed E-state index contributed by atoms with van der Waals surface area (Å²) in [6, 6.07) is 5.14. The highest BCUT2D eigenvalue weighted by molar-refractivity contribution is 6.31. The fraction of sp³-hybridized carbons (Fsp3) is 0.368. The van der Waals surface area contributed by atoms with E-state index in [1.807, 2.05) is 17.7 Å². The van der Waals surface area contributed by atoms with E-state index in [1.165, 1.54) is 0 Å². The van der Waals surface area contributed by atoms with Crippen LogP contribution in [0.15, 0.2) is 30.6 Å². The Morgan fingerprint density at radius 1 is 1.32 bits per heavy atom. The minimum atomic E-state index is -2.72. The molecule has 1 amide bonds. The third kappa shape index (κ3) is 3.82. The topological polar surface area (TPSA) is 72.7 Å². The van der Waals surface area contributed by atoms with E-state index in [9.17, 15) is 13.6 Å². The quantitative estimate of drug-likeness (QED) is 0.666. The van der Waals surface area contributed by atoms with Gasteiger partial charge in [-0.3, -0.25) is 9.78 Å². The average Bonchev–Trinajstić information content (AvgIpc) is 3.43. The van der Waals surface area contributed by atoms with Gasteiger partial charge in [0.15, 0.2) is 0 Å². The van der Waals surface area contributed by atoms with Gasteiger partial charge in [0.2, 0.25) is 0 Å². The Morgan fingerprint density at radius 2 is 2.11 bits per heavy atom. The lowest BCUT2D eigenvalue weighted by Gasteiger charge is -2.18. The number of carbonyl (C=O) groups is 1. The number of rotatable bonds is 6. The second kappa shape index (κ2) is 7.43. The van der Waals surface area contributed by atoms with Crippen LogP contribution in [0, 0.1) is 5.92 Å². The Bertz CT molecular complexity index is 1020. The number of amides is 1. The lowest BCUT2D eigenvalue weighted by molar-refractivity contribution is 0.0924. The Kier molecular flexibility index (Phi) is 4.97. The van der Waals surface area contributed by atoms with Crippen molar-refractivity contribution in [2.45, 2.75) is 31.7 Å². The minimum Gasteiger partial charge on any atom is -0.341 e. The number of benzene rings is 1. The predicted molar refractivity (Wildman–Crippen MR) is 100 cm³/mol. The van der Waals surface area contributed by atoms with Crippen LogP contribution in [0.3, 0.4) is 0 Å². The van der Waals surface area contributed by atoms with Gasteiger partial charge in [-0.15, -0.1) is 0 Å². The molecule has 0 spiro atoms. The zero-order chi connectivity index (χ0) is 19.8. The van der Waals surface area contributed by atoms with Crippen LogP contribution in [0.5, 0.6) is 0 Å². The number of hydrogen-bond acceptors (Lipinski definition) is 4. The number of aryl methyl sites for hydroxylation is 1. The van der Waals surface area contributed by atoms with Crippen LogP contribution >= 0.6 is 11.6 Å². The number of halogens is 3. The average molecular weight is 406 g/mol. The van der Waals surface area contributed by atoms with Crippen LogP contribution in [0.4, 0.5) is 8.78 Å². The number of alkyl halides is 2. The summed E-state index contributed by atoms with van der Waals surface area (Å²) in [5, 5.41) is 3.53. The molecule has 28 heavy (non-hydrogen) atoms. The molecule has 146 valence electrons. The number of hydrogen-bond donors (Lipinski definition) is 1. The van der Waals surface area contributed by atoms with E-state index in [-0.39, 0.29) is 11.7 Å². The summed E-state index contributed by atoms with van der Waals surface area (Å²) in [7, 11) is 1.89. The van der Waals surface area contributed by atoms with E-state index < -0.39 is 18.0 Å². The number of nitrogens with one attached hydrogen (secondary N) is 1. The molecule has 2 heterocycles. The molecular formula is C19H18ClF2N5O. The van der Waals surface area contributed by atoms with Crippen molar-refractivity contribution >= 4 is 28.5 Å². The molecule has 0 aliphatic heterocycles. The van der Waals surface area contributed by atoms with Gasteiger partial charge < -0.3 is 9.88 Å². The van der Waals surface area contributed by atoms with Crippen LogP contribution in [-0.2, 0) is 7.05 Å². The summed E-state index contributed by atoms with van der Waals surface area (Å²) in [6.45, 7) is 0. The molecule has 0 unspecified atom stereocenters. The van der Waals surface area contributed by atoms with Crippen molar-refractivity contribution in [2.24, 2.45) is 13.0 Å². The molecule has 1 N–H and O–H groups in total. The molecule has 0 radical (unpaired) electrons. The summed E-state index contributed by atoms with van der Waals surface area (Å²) in [6.07, 6.45) is 2.25. The molecule has 9 heteroatoms. The van der Waals surface area contributed by atoms with Crippen molar-refractivity contribution in [3.05, 3.63) is 52.8 Å². The first-order chi connectivity index (χ1) is 13.4. The molecule has 0 saturated heterocycles. The smallest absolute Gasteiger partial charge is 0.281 e. The van der Waals surface area contributed by atoms with Crippen LogP contribution in [-0.4, -0.2) is 25.4 Å². The third-order valence-corrected chi connectivity index (χ3v) is 5.12. The van der Waals surface area contributed by atoms with E-state index in [1.54, 1.807) is 12.1 Å². The molecule has 1 saturated carbocycles. The van der Waals surface area contributed by atoms with Crippen molar-refractivity contribution in [3.63, 3.8) is 0 Å². The SMILES string of the molecule is Cn1c([C@H](CC2CC2)NC(=O)c2cnc(C(F)F)cn2)nc2cc(Cl)ccc21. The number of nitrogens with zero attached hydrogens (tertiary/aromatic N) is 4. The van der Waals surface area contributed by atoms with Crippen LogP contribution in [0.1, 0.15) is 53.7 Å². The fourth-order valence-corrected chi connectivity index (χ4v) is 3.39. The molecule has 1 aliphatic carbocycles. The maximum Gasteiger partial charge on any atom is 0.281 e. The van der Waals surface area contributed by atoms with Gasteiger partial charge in [0, 0.05) is 12.1 Å². The second-order valence-corrected chi connectivity index (χ2v) is 7.43. The Balaban J connectivity index is 1.61. The summed E-state index contributed by atoms with van der Waals surface area (Å²) >= 11 is 6.07. The molecular weight excluding hydrogens is 388 g/mol. The molecule has 3 aromatic rings. The summed E-state index contributed by atoms with van der Waals surface area (Å²) in [4.78, 5) is 24.7. The van der Waals surface area contributed by atoms with Gasteiger partial charge in [-0.05, 0) is 30.5 Å². The largest absolute Gasteiger partial charge is 0.341 e. The molecule has 0 bridgehead atoms.